The van der Waals surface area contributed by atoms with Gasteiger partial charge in [0.15, 0.2) is 0 Å². The van der Waals surface area contributed by atoms with Crippen molar-refractivity contribution in [3.63, 3.8) is 0 Å². The van der Waals surface area contributed by atoms with E-state index in [1.807, 2.05) is 6.20 Å². The van der Waals surface area contributed by atoms with E-state index < -0.39 is 0 Å². The van der Waals surface area contributed by atoms with E-state index in [0.717, 1.165) is 38.3 Å². The SMILES string of the molecule is CC(C)N(C)c1ccc(CN2CCC(N)CC2)cn1.Cl. The number of anilines is 1. The highest BCUT2D eigenvalue weighted by molar-refractivity contribution is 5.85. The molecule has 2 rings (SSSR count). The molecule has 2 N–H and O–H groups in total. The topological polar surface area (TPSA) is 45.4 Å². The van der Waals surface area contributed by atoms with E-state index in [1.165, 1.54) is 5.56 Å². The Balaban J connectivity index is 0.00000200. The minimum Gasteiger partial charge on any atom is -0.357 e. The Morgan fingerprint density at radius 2 is 2.00 bits per heavy atom. The van der Waals surface area contributed by atoms with Gasteiger partial charge in [0.05, 0.1) is 0 Å². The van der Waals surface area contributed by atoms with Crippen LogP contribution in [0.1, 0.15) is 32.3 Å². The molecular weight excluding hydrogens is 272 g/mol. The van der Waals surface area contributed by atoms with Crippen molar-refractivity contribution in [1.82, 2.24) is 9.88 Å². The third kappa shape index (κ3) is 4.62. The van der Waals surface area contributed by atoms with E-state index in [1.54, 1.807) is 0 Å². The molecule has 0 amide bonds. The van der Waals surface area contributed by atoms with Crippen molar-refractivity contribution in [2.45, 2.75) is 45.3 Å². The summed E-state index contributed by atoms with van der Waals surface area (Å²) in [5.41, 5.74) is 7.22. The van der Waals surface area contributed by atoms with Crippen LogP contribution in [0.4, 0.5) is 5.82 Å². The number of likely N-dealkylation sites (tertiary alicyclic amines) is 1. The van der Waals surface area contributed by atoms with Crippen LogP contribution < -0.4 is 10.6 Å². The van der Waals surface area contributed by atoms with Gasteiger partial charge in [0.1, 0.15) is 5.82 Å². The van der Waals surface area contributed by atoms with E-state index in [2.05, 4.69) is 47.8 Å². The summed E-state index contributed by atoms with van der Waals surface area (Å²) in [5.74, 6) is 1.04. The molecule has 20 heavy (non-hydrogen) atoms. The number of aromatic nitrogens is 1. The van der Waals surface area contributed by atoms with Crippen LogP contribution in [-0.2, 0) is 6.54 Å². The first kappa shape index (κ1) is 17.2. The number of pyridine rings is 1. The molecule has 0 spiro atoms. The van der Waals surface area contributed by atoms with Gasteiger partial charge in [0, 0.05) is 31.9 Å². The highest BCUT2D eigenvalue weighted by atomic mass is 35.5. The van der Waals surface area contributed by atoms with Gasteiger partial charge in [-0.3, -0.25) is 4.90 Å². The van der Waals surface area contributed by atoms with Crippen molar-refractivity contribution in [2.24, 2.45) is 5.73 Å². The monoisotopic (exact) mass is 298 g/mol. The van der Waals surface area contributed by atoms with Crippen LogP contribution in [0.3, 0.4) is 0 Å². The van der Waals surface area contributed by atoms with E-state index >= 15 is 0 Å². The fourth-order valence-electron chi connectivity index (χ4n) is 2.35. The molecule has 0 unspecified atom stereocenters. The highest BCUT2D eigenvalue weighted by Crippen LogP contribution is 2.15. The minimum atomic E-state index is 0. The Labute approximate surface area is 128 Å². The molecule has 0 saturated carbocycles. The highest BCUT2D eigenvalue weighted by Gasteiger charge is 2.16. The van der Waals surface area contributed by atoms with Crippen LogP contribution >= 0.6 is 12.4 Å². The minimum absolute atomic E-state index is 0. The number of rotatable bonds is 4. The lowest BCUT2D eigenvalue weighted by atomic mass is 10.1. The van der Waals surface area contributed by atoms with Crippen LogP contribution in [0.5, 0.6) is 0 Å². The maximum absolute atomic E-state index is 5.93. The Morgan fingerprint density at radius 3 is 2.50 bits per heavy atom. The van der Waals surface area contributed by atoms with E-state index in [9.17, 15) is 0 Å². The van der Waals surface area contributed by atoms with Crippen molar-refractivity contribution < 1.29 is 0 Å². The molecule has 0 aromatic carbocycles. The maximum atomic E-state index is 5.93. The van der Waals surface area contributed by atoms with Crippen molar-refractivity contribution in [1.29, 1.82) is 0 Å². The molecular formula is C15H27ClN4. The molecule has 1 saturated heterocycles. The van der Waals surface area contributed by atoms with Crippen LogP contribution in [0.2, 0.25) is 0 Å². The third-order valence-corrected chi connectivity index (χ3v) is 3.98. The normalized spacial score (nSPS) is 17.1. The van der Waals surface area contributed by atoms with Crippen LogP contribution in [0.25, 0.3) is 0 Å². The van der Waals surface area contributed by atoms with Gasteiger partial charge >= 0.3 is 0 Å². The van der Waals surface area contributed by atoms with Gasteiger partial charge in [-0.25, -0.2) is 4.98 Å². The Hall–Kier alpha value is -0.840. The lowest BCUT2D eigenvalue weighted by Gasteiger charge is -2.30. The summed E-state index contributed by atoms with van der Waals surface area (Å²) in [6.45, 7) is 7.55. The molecule has 0 bridgehead atoms. The van der Waals surface area contributed by atoms with Crippen molar-refractivity contribution in [3.05, 3.63) is 23.9 Å². The summed E-state index contributed by atoms with van der Waals surface area (Å²) in [5, 5.41) is 0. The predicted molar refractivity (Wildman–Crippen MR) is 87.5 cm³/mol. The van der Waals surface area contributed by atoms with Crippen molar-refractivity contribution in [3.8, 4) is 0 Å². The molecule has 1 aliphatic rings. The second-order valence-corrected chi connectivity index (χ2v) is 5.84. The average Bonchev–Trinajstić information content (AvgIpc) is 2.41. The van der Waals surface area contributed by atoms with Gasteiger partial charge in [-0.1, -0.05) is 6.07 Å². The Morgan fingerprint density at radius 1 is 1.35 bits per heavy atom. The molecule has 1 aliphatic heterocycles. The lowest BCUT2D eigenvalue weighted by molar-refractivity contribution is 0.205. The summed E-state index contributed by atoms with van der Waals surface area (Å²) in [4.78, 5) is 9.20. The maximum Gasteiger partial charge on any atom is 0.128 e. The molecule has 4 nitrogen and oxygen atoms in total. The molecule has 1 aromatic rings. The summed E-state index contributed by atoms with van der Waals surface area (Å²) in [6.07, 6.45) is 4.23. The van der Waals surface area contributed by atoms with E-state index in [4.69, 9.17) is 5.73 Å². The number of piperidine rings is 1. The smallest absolute Gasteiger partial charge is 0.128 e. The van der Waals surface area contributed by atoms with Crippen LogP contribution in [0, 0.1) is 0 Å². The third-order valence-electron chi connectivity index (χ3n) is 3.98. The Kier molecular flexibility index (Phi) is 6.72. The number of nitrogens with two attached hydrogens (primary N) is 1. The first-order chi connectivity index (χ1) is 9.06. The van der Waals surface area contributed by atoms with Gasteiger partial charge in [-0.05, 0) is 51.4 Å². The number of hydrogen-bond donors (Lipinski definition) is 1. The van der Waals surface area contributed by atoms with Crippen molar-refractivity contribution in [2.75, 3.05) is 25.0 Å². The standard InChI is InChI=1S/C15H26N4.ClH/c1-12(2)18(3)15-5-4-13(10-17-15)11-19-8-6-14(16)7-9-19;/h4-5,10,12,14H,6-9,11,16H2,1-3H3;1H. The quantitative estimate of drug-likeness (QED) is 0.926. The number of halogens is 1. The summed E-state index contributed by atoms with van der Waals surface area (Å²) < 4.78 is 0. The molecule has 2 heterocycles. The van der Waals surface area contributed by atoms with Crippen LogP contribution in [-0.4, -0.2) is 42.1 Å². The zero-order chi connectivity index (χ0) is 13.8. The van der Waals surface area contributed by atoms with Gasteiger partial charge in [-0.2, -0.15) is 0 Å². The molecule has 5 heteroatoms. The zero-order valence-corrected chi connectivity index (χ0v) is 13.6. The van der Waals surface area contributed by atoms with E-state index in [0.29, 0.717) is 12.1 Å². The summed E-state index contributed by atoms with van der Waals surface area (Å²) in [7, 11) is 2.08. The molecule has 114 valence electrons. The molecule has 1 fully saturated rings. The second-order valence-electron chi connectivity index (χ2n) is 5.84. The van der Waals surface area contributed by atoms with Crippen molar-refractivity contribution >= 4 is 18.2 Å². The van der Waals surface area contributed by atoms with Gasteiger partial charge in [0.2, 0.25) is 0 Å². The summed E-state index contributed by atoms with van der Waals surface area (Å²) in [6, 6.07) is 5.18. The number of hydrogen-bond acceptors (Lipinski definition) is 4. The molecule has 0 radical (unpaired) electrons. The molecule has 1 aromatic heterocycles. The Bertz CT molecular complexity index is 385. The fraction of sp³-hybridized carbons (Fsp3) is 0.667. The first-order valence-corrected chi connectivity index (χ1v) is 7.22. The van der Waals surface area contributed by atoms with Gasteiger partial charge in [-0.15, -0.1) is 12.4 Å². The molecule has 0 aliphatic carbocycles. The second kappa shape index (κ2) is 7.81. The zero-order valence-electron chi connectivity index (χ0n) is 12.7. The molecule has 0 atom stereocenters. The first-order valence-electron chi connectivity index (χ1n) is 7.22. The summed E-state index contributed by atoms with van der Waals surface area (Å²) >= 11 is 0. The van der Waals surface area contributed by atoms with Crippen LogP contribution in [0.15, 0.2) is 18.3 Å². The average molecular weight is 299 g/mol. The van der Waals surface area contributed by atoms with E-state index in [-0.39, 0.29) is 12.4 Å². The predicted octanol–water partition coefficient (Wildman–Crippen LogP) is 2.27. The largest absolute Gasteiger partial charge is 0.357 e. The lowest BCUT2D eigenvalue weighted by Crippen LogP contribution is -2.39. The number of nitrogens with zero attached hydrogens (tertiary/aromatic N) is 3. The van der Waals surface area contributed by atoms with Gasteiger partial charge in [0.25, 0.3) is 0 Å². The van der Waals surface area contributed by atoms with Gasteiger partial charge < -0.3 is 10.6 Å². The fourth-order valence-corrected chi connectivity index (χ4v) is 2.35.